The summed E-state index contributed by atoms with van der Waals surface area (Å²) >= 11 is 6.00. The second-order valence-electron chi connectivity index (χ2n) is 5.16. The Balaban J connectivity index is 2.29. The minimum atomic E-state index is -1.03. The molecule has 1 aromatic heterocycles. The van der Waals surface area contributed by atoms with Gasteiger partial charge in [0.1, 0.15) is 11.3 Å². The summed E-state index contributed by atoms with van der Waals surface area (Å²) in [5.41, 5.74) is 6.99. The van der Waals surface area contributed by atoms with Crippen LogP contribution in [0, 0.1) is 13.8 Å². The van der Waals surface area contributed by atoms with Crippen molar-refractivity contribution in [1.82, 2.24) is 10.5 Å². The lowest BCUT2D eigenvalue weighted by molar-refractivity contribution is -0.124. The number of rotatable bonds is 5. The number of hydrogen-bond acceptors (Lipinski definition) is 4. The zero-order valence-electron chi connectivity index (χ0n) is 12.2. The Labute approximate surface area is 128 Å². The van der Waals surface area contributed by atoms with Crippen LogP contribution in [0.4, 0.5) is 0 Å². The molecule has 1 heterocycles. The Kier molecular flexibility index (Phi) is 4.34. The number of aryl methyl sites for hydroxylation is 2. The Morgan fingerprint density at radius 3 is 2.71 bits per heavy atom. The van der Waals surface area contributed by atoms with Crippen LogP contribution in [0.1, 0.15) is 29.5 Å². The second kappa shape index (κ2) is 5.87. The molecule has 6 heteroatoms. The summed E-state index contributed by atoms with van der Waals surface area (Å²) < 4.78 is 5.12. The van der Waals surface area contributed by atoms with Crippen molar-refractivity contribution in [3.8, 4) is 0 Å². The molecule has 0 aliphatic heterocycles. The van der Waals surface area contributed by atoms with Crippen LogP contribution in [0.5, 0.6) is 0 Å². The third-order valence-electron chi connectivity index (χ3n) is 3.69. The maximum atomic E-state index is 11.9. The minimum Gasteiger partial charge on any atom is -0.368 e. The van der Waals surface area contributed by atoms with Crippen molar-refractivity contribution in [2.45, 2.75) is 32.9 Å². The smallest absolute Gasteiger partial charge is 0.242 e. The lowest BCUT2D eigenvalue weighted by atomic mass is 9.91. The highest BCUT2D eigenvalue weighted by Gasteiger charge is 2.33. The quantitative estimate of drug-likeness (QED) is 0.889. The molecule has 0 aliphatic carbocycles. The SMILES string of the molecule is Cc1noc(C)c1CN[C@](C)(C(N)=O)c1cccc(Cl)c1. The first kappa shape index (κ1) is 15.5. The van der Waals surface area contributed by atoms with Crippen molar-refractivity contribution >= 4 is 17.5 Å². The normalized spacial score (nSPS) is 13.9. The van der Waals surface area contributed by atoms with E-state index < -0.39 is 11.4 Å². The molecule has 21 heavy (non-hydrogen) atoms. The second-order valence-corrected chi connectivity index (χ2v) is 5.59. The topological polar surface area (TPSA) is 81.2 Å². The predicted molar refractivity (Wildman–Crippen MR) is 80.8 cm³/mol. The molecule has 0 fully saturated rings. The summed E-state index contributed by atoms with van der Waals surface area (Å²) in [7, 11) is 0. The molecule has 0 bridgehead atoms. The van der Waals surface area contributed by atoms with E-state index in [2.05, 4.69) is 10.5 Å². The van der Waals surface area contributed by atoms with E-state index in [-0.39, 0.29) is 0 Å². The number of benzene rings is 1. The van der Waals surface area contributed by atoms with E-state index >= 15 is 0 Å². The summed E-state index contributed by atoms with van der Waals surface area (Å²) in [6, 6.07) is 7.08. The number of carbonyl (C=O) groups excluding carboxylic acids is 1. The van der Waals surface area contributed by atoms with E-state index in [9.17, 15) is 4.79 Å². The van der Waals surface area contributed by atoms with Gasteiger partial charge in [0.2, 0.25) is 5.91 Å². The maximum absolute atomic E-state index is 11.9. The molecule has 2 rings (SSSR count). The Morgan fingerprint density at radius 1 is 1.48 bits per heavy atom. The monoisotopic (exact) mass is 307 g/mol. The number of aromatic nitrogens is 1. The Bertz CT molecular complexity index is 649. The number of primary amides is 1. The fourth-order valence-corrected chi connectivity index (χ4v) is 2.34. The number of carbonyl (C=O) groups is 1. The first-order valence-corrected chi connectivity index (χ1v) is 6.95. The average Bonchev–Trinajstić information content (AvgIpc) is 2.75. The molecule has 112 valence electrons. The van der Waals surface area contributed by atoms with E-state index in [1.807, 2.05) is 19.9 Å². The fraction of sp³-hybridized carbons (Fsp3) is 0.333. The van der Waals surface area contributed by atoms with E-state index in [1.54, 1.807) is 25.1 Å². The largest absolute Gasteiger partial charge is 0.368 e. The summed E-state index contributed by atoms with van der Waals surface area (Å²) in [6.07, 6.45) is 0. The van der Waals surface area contributed by atoms with Crippen LogP contribution in [-0.4, -0.2) is 11.1 Å². The zero-order chi connectivity index (χ0) is 15.6. The summed E-state index contributed by atoms with van der Waals surface area (Å²) in [6.45, 7) is 5.85. The van der Waals surface area contributed by atoms with Crippen LogP contribution in [0.15, 0.2) is 28.8 Å². The first-order chi connectivity index (χ1) is 9.84. The molecule has 2 aromatic rings. The Hall–Kier alpha value is -1.85. The molecule has 1 amide bonds. The van der Waals surface area contributed by atoms with Gasteiger partial charge in [0.25, 0.3) is 0 Å². The lowest BCUT2D eigenvalue weighted by Crippen LogP contribution is -2.50. The van der Waals surface area contributed by atoms with Gasteiger partial charge in [-0.1, -0.05) is 28.9 Å². The summed E-state index contributed by atoms with van der Waals surface area (Å²) in [5, 5.41) is 7.64. The van der Waals surface area contributed by atoms with Crippen molar-refractivity contribution in [3.05, 3.63) is 51.9 Å². The van der Waals surface area contributed by atoms with Crippen LogP contribution >= 0.6 is 11.6 Å². The van der Waals surface area contributed by atoms with E-state index in [4.69, 9.17) is 21.9 Å². The van der Waals surface area contributed by atoms with Crippen molar-refractivity contribution in [1.29, 1.82) is 0 Å². The van der Waals surface area contributed by atoms with Gasteiger partial charge < -0.3 is 10.3 Å². The van der Waals surface area contributed by atoms with Crippen LogP contribution < -0.4 is 11.1 Å². The van der Waals surface area contributed by atoms with Gasteiger partial charge in [0.15, 0.2) is 0 Å². The van der Waals surface area contributed by atoms with Gasteiger partial charge in [0.05, 0.1) is 5.69 Å². The molecule has 0 saturated heterocycles. The standard InChI is InChI=1S/C15H18ClN3O2/c1-9-13(10(2)21-19-9)8-18-15(3,14(17)20)11-5-4-6-12(16)7-11/h4-7,18H,8H2,1-3H3,(H2,17,20)/t15-/m0/s1. The predicted octanol–water partition coefficient (Wildman–Crippen LogP) is 2.44. The van der Waals surface area contributed by atoms with Gasteiger partial charge in [-0.2, -0.15) is 0 Å². The first-order valence-electron chi connectivity index (χ1n) is 6.57. The van der Waals surface area contributed by atoms with Crippen LogP contribution in [-0.2, 0) is 16.9 Å². The van der Waals surface area contributed by atoms with Gasteiger partial charge in [-0.3, -0.25) is 10.1 Å². The highest BCUT2D eigenvalue weighted by atomic mass is 35.5. The number of nitrogens with one attached hydrogen (secondary N) is 1. The molecule has 5 nitrogen and oxygen atoms in total. The van der Waals surface area contributed by atoms with Crippen molar-refractivity contribution in [3.63, 3.8) is 0 Å². The minimum absolute atomic E-state index is 0.424. The van der Waals surface area contributed by atoms with Gasteiger partial charge in [0, 0.05) is 17.1 Å². The zero-order valence-corrected chi connectivity index (χ0v) is 13.0. The van der Waals surface area contributed by atoms with E-state index in [0.717, 1.165) is 17.0 Å². The molecule has 0 radical (unpaired) electrons. The van der Waals surface area contributed by atoms with Gasteiger partial charge >= 0.3 is 0 Å². The number of nitrogens with zero attached hydrogens (tertiary/aromatic N) is 1. The van der Waals surface area contributed by atoms with Crippen LogP contribution in [0.2, 0.25) is 5.02 Å². The highest BCUT2D eigenvalue weighted by molar-refractivity contribution is 6.30. The number of nitrogens with two attached hydrogens (primary N) is 1. The molecule has 0 saturated carbocycles. The summed E-state index contributed by atoms with van der Waals surface area (Å²) in [5.74, 6) is 0.245. The van der Waals surface area contributed by atoms with Gasteiger partial charge in [-0.05, 0) is 38.5 Å². The molecule has 0 unspecified atom stereocenters. The lowest BCUT2D eigenvalue weighted by Gasteiger charge is -2.28. The van der Waals surface area contributed by atoms with E-state index in [1.165, 1.54) is 0 Å². The summed E-state index contributed by atoms with van der Waals surface area (Å²) in [4.78, 5) is 11.9. The molecule has 1 atom stereocenters. The number of halogens is 1. The molecule has 0 aliphatic rings. The molecule has 1 aromatic carbocycles. The third kappa shape index (κ3) is 3.09. The van der Waals surface area contributed by atoms with Gasteiger partial charge in [-0.15, -0.1) is 0 Å². The maximum Gasteiger partial charge on any atom is 0.242 e. The highest BCUT2D eigenvalue weighted by Crippen LogP contribution is 2.24. The Morgan fingerprint density at radius 2 is 2.19 bits per heavy atom. The average molecular weight is 308 g/mol. The number of amides is 1. The molecular weight excluding hydrogens is 290 g/mol. The number of hydrogen-bond donors (Lipinski definition) is 2. The van der Waals surface area contributed by atoms with Crippen molar-refractivity contribution < 1.29 is 9.32 Å². The molecular formula is C15H18ClN3O2. The fourth-order valence-electron chi connectivity index (χ4n) is 2.15. The van der Waals surface area contributed by atoms with E-state index in [0.29, 0.717) is 17.1 Å². The van der Waals surface area contributed by atoms with Crippen LogP contribution in [0.25, 0.3) is 0 Å². The molecule has 0 spiro atoms. The van der Waals surface area contributed by atoms with Crippen molar-refractivity contribution in [2.24, 2.45) is 5.73 Å². The third-order valence-corrected chi connectivity index (χ3v) is 3.93. The molecule has 3 N–H and O–H groups in total. The van der Waals surface area contributed by atoms with Crippen molar-refractivity contribution in [2.75, 3.05) is 0 Å². The van der Waals surface area contributed by atoms with Crippen LogP contribution in [0.3, 0.4) is 0 Å². The van der Waals surface area contributed by atoms with Gasteiger partial charge in [-0.25, -0.2) is 0 Å².